The van der Waals surface area contributed by atoms with Crippen molar-refractivity contribution in [2.24, 2.45) is 7.05 Å². The molecule has 0 radical (unpaired) electrons. The molecule has 0 atom stereocenters. The highest BCUT2D eigenvalue weighted by molar-refractivity contribution is 5.92. The molecule has 0 aliphatic rings. The first-order valence-electron chi connectivity index (χ1n) is 8.13. The standard InChI is InChI=1S/C20H19N3O3/c1-23-20(25)12-11-17(22-23)14-7-9-16(10-8-14)21-19(24)13-15-5-3-4-6-18(15)26-2/h3-12H,13H2,1-2H3,(H,21,24). The maximum atomic E-state index is 12.3. The Bertz CT molecular complexity index is 978. The van der Waals surface area contributed by atoms with E-state index in [9.17, 15) is 9.59 Å². The van der Waals surface area contributed by atoms with Gasteiger partial charge in [-0.3, -0.25) is 9.59 Å². The zero-order valence-corrected chi connectivity index (χ0v) is 14.6. The third kappa shape index (κ3) is 3.97. The SMILES string of the molecule is COc1ccccc1CC(=O)Nc1ccc(-c2ccc(=O)n(C)n2)cc1. The summed E-state index contributed by atoms with van der Waals surface area (Å²) in [7, 11) is 3.20. The zero-order chi connectivity index (χ0) is 18.5. The Labute approximate surface area is 151 Å². The molecular weight excluding hydrogens is 330 g/mol. The number of nitrogens with zero attached hydrogens (tertiary/aromatic N) is 2. The highest BCUT2D eigenvalue weighted by Crippen LogP contribution is 2.20. The van der Waals surface area contributed by atoms with Crippen molar-refractivity contribution < 1.29 is 9.53 Å². The van der Waals surface area contributed by atoms with Crippen LogP contribution in [0.5, 0.6) is 5.75 Å². The minimum atomic E-state index is -0.158. The number of hydrogen-bond donors (Lipinski definition) is 1. The van der Waals surface area contributed by atoms with E-state index in [1.165, 1.54) is 10.7 Å². The van der Waals surface area contributed by atoms with E-state index in [4.69, 9.17) is 4.74 Å². The number of para-hydroxylation sites is 1. The summed E-state index contributed by atoms with van der Waals surface area (Å²) < 4.78 is 6.56. The molecule has 1 N–H and O–H groups in total. The minimum Gasteiger partial charge on any atom is -0.496 e. The van der Waals surface area contributed by atoms with Gasteiger partial charge in [0.1, 0.15) is 5.75 Å². The van der Waals surface area contributed by atoms with Crippen molar-refractivity contribution in [3.8, 4) is 17.0 Å². The summed E-state index contributed by atoms with van der Waals surface area (Å²) in [4.78, 5) is 23.7. The second-order valence-corrected chi connectivity index (χ2v) is 5.79. The van der Waals surface area contributed by atoms with Crippen molar-refractivity contribution in [1.29, 1.82) is 0 Å². The second-order valence-electron chi connectivity index (χ2n) is 5.79. The Hall–Kier alpha value is -3.41. The van der Waals surface area contributed by atoms with Gasteiger partial charge in [-0.2, -0.15) is 5.10 Å². The van der Waals surface area contributed by atoms with E-state index in [0.717, 1.165) is 11.1 Å². The van der Waals surface area contributed by atoms with E-state index < -0.39 is 0 Å². The Morgan fingerprint density at radius 1 is 1.08 bits per heavy atom. The monoisotopic (exact) mass is 349 g/mol. The molecule has 6 nitrogen and oxygen atoms in total. The van der Waals surface area contributed by atoms with Crippen LogP contribution in [-0.4, -0.2) is 22.8 Å². The lowest BCUT2D eigenvalue weighted by molar-refractivity contribution is -0.115. The van der Waals surface area contributed by atoms with Gasteiger partial charge in [0.15, 0.2) is 0 Å². The normalized spacial score (nSPS) is 10.4. The van der Waals surface area contributed by atoms with Crippen molar-refractivity contribution in [1.82, 2.24) is 9.78 Å². The van der Waals surface area contributed by atoms with Crippen LogP contribution in [0.2, 0.25) is 0 Å². The van der Waals surface area contributed by atoms with E-state index in [0.29, 0.717) is 17.1 Å². The summed E-state index contributed by atoms with van der Waals surface area (Å²) in [5.41, 5.74) is 2.92. The van der Waals surface area contributed by atoms with Crippen molar-refractivity contribution in [2.75, 3.05) is 12.4 Å². The molecule has 0 unspecified atom stereocenters. The number of rotatable bonds is 5. The number of amides is 1. The lowest BCUT2D eigenvalue weighted by Crippen LogP contribution is -2.18. The number of aryl methyl sites for hydroxylation is 1. The molecule has 0 bridgehead atoms. The molecule has 1 amide bonds. The molecule has 0 aliphatic carbocycles. The molecule has 0 aliphatic heterocycles. The van der Waals surface area contributed by atoms with Crippen molar-refractivity contribution in [2.45, 2.75) is 6.42 Å². The molecule has 2 aromatic carbocycles. The molecule has 6 heteroatoms. The highest BCUT2D eigenvalue weighted by Gasteiger charge is 2.09. The summed E-state index contributed by atoms with van der Waals surface area (Å²) in [5, 5.41) is 7.08. The topological polar surface area (TPSA) is 73.2 Å². The van der Waals surface area contributed by atoms with Gasteiger partial charge in [-0.25, -0.2) is 4.68 Å². The van der Waals surface area contributed by atoms with Crippen LogP contribution >= 0.6 is 0 Å². The number of carbonyl (C=O) groups is 1. The van der Waals surface area contributed by atoms with E-state index in [2.05, 4.69) is 10.4 Å². The quantitative estimate of drug-likeness (QED) is 0.768. The van der Waals surface area contributed by atoms with Crippen LogP contribution in [0, 0.1) is 0 Å². The number of aromatic nitrogens is 2. The largest absolute Gasteiger partial charge is 0.496 e. The van der Waals surface area contributed by atoms with Crippen LogP contribution in [0.4, 0.5) is 5.69 Å². The Morgan fingerprint density at radius 3 is 2.50 bits per heavy atom. The molecule has 1 aromatic heterocycles. The van der Waals surface area contributed by atoms with Gasteiger partial charge in [-0.05, 0) is 24.3 Å². The third-order valence-corrected chi connectivity index (χ3v) is 3.97. The molecule has 0 saturated heterocycles. The summed E-state index contributed by atoms with van der Waals surface area (Å²) in [6.45, 7) is 0. The average Bonchev–Trinajstić information content (AvgIpc) is 2.65. The number of hydrogen-bond acceptors (Lipinski definition) is 4. The van der Waals surface area contributed by atoms with Crippen LogP contribution < -0.4 is 15.6 Å². The van der Waals surface area contributed by atoms with Crippen molar-refractivity contribution in [3.63, 3.8) is 0 Å². The molecule has 26 heavy (non-hydrogen) atoms. The van der Waals surface area contributed by atoms with Crippen LogP contribution in [0.15, 0.2) is 65.5 Å². The van der Waals surface area contributed by atoms with Gasteiger partial charge >= 0.3 is 0 Å². The number of carbonyl (C=O) groups excluding carboxylic acids is 1. The fourth-order valence-electron chi connectivity index (χ4n) is 2.61. The number of anilines is 1. The van der Waals surface area contributed by atoms with E-state index >= 15 is 0 Å². The number of nitrogens with one attached hydrogen (secondary N) is 1. The smallest absolute Gasteiger partial charge is 0.266 e. The maximum Gasteiger partial charge on any atom is 0.266 e. The molecule has 132 valence electrons. The summed E-state index contributed by atoms with van der Waals surface area (Å²) in [5.74, 6) is 0.571. The zero-order valence-electron chi connectivity index (χ0n) is 14.6. The molecular formula is C20H19N3O3. The second kappa shape index (κ2) is 7.65. The summed E-state index contributed by atoms with van der Waals surface area (Å²) >= 11 is 0. The maximum absolute atomic E-state index is 12.3. The van der Waals surface area contributed by atoms with Gasteiger partial charge in [0.25, 0.3) is 5.56 Å². The number of methoxy groups -OCH3 is 1. The van der Waals surface area contributed by atoms with Gasteiger partial charge in [-0.15, -0.1) is 0 Å². The van der Waals surface area contributed by atoms with Gasteiger partial charge in [0.2, 0.25) is 5.91 Å². The fraction of sp³-hybridized carbons (Fsp3) is 0.150. The molecule has 3 aromatic rings. The van der Waals surface area contributed by atoms with Gasteiger partial charge in [0, 0.05) is 29.9 Å². The third-order valence-electron chi connectivity index (χ3n) is 3.97. The Kier molecular flexibility index (Phi) is 5.12. The van der Waals surface area contributed by atoms with Crippen LogP contribution in [0.25, 0.3) is 11.3 Å². The van der Waals surface area contributed by atoms with Crippen LogP contribution in [0.1, 0.15) is 5.56 Å². The Morgan fingerprint density at radius 2 is 1.81 bits per heavy atom. The summed E-state index contributed by atoms with van der Waals surface area (Å²) in [6, 6.07) is 17.9. The van der Waals surface area contributed by atoms with Gasteiger partial charge in [-0.1, -0.05) is 30.3 Å². The van der Waals surface area contributed by atoms with Gasteiger partial charge < -0.3 is 10.1 Å². The predicted octanol–water partition coefficient (Wildman–Crippen LogP) is 2.64. The van der Waals surface area contributed by atoms with E-state index in [-0.39, 0.29) is 17.9 Å². The highest BCUT2D eigenvalue weighted by atomic mass is 16.5. The van der Waals surface area contributed by atoms with E-state index in [1.807, 2.05) is 48.5 Å². The first-order chi connectivity index (χ1) is 12.6. The van der Waals surface area contributed by atoms with Crippen LogP contribution in [0.3, 0.4) is 0 Å². The van der Waals surface area contributed by atoms with Crippen molar-refractivity contribution in [3.05, 3.63) is 76.6 Å². The molecule has 0 fully saturated rings. The molecule has 0 spiro atoms. The van der Waals surface area contributed by atoms with Crippen molar-refractivity contribution >= 4 is 11.6 Å². The minimum absolute atomic E-state index is 0.123. The number of ether oxygens (including phenoxy) is 1. The fourth-order valence-corrected chi connectivity index (χ4v) is 2.61. The predicted molar refractivity (Wildman–Crippen MR) is 100 cm³/mol. The first-order valence-corrected chi connectivity index (χ1v) is 8.13. The van der Waals surface area contributed by atoms with Crippen LogP contribution in [-0.2, 0) is 18.3 Å². The lowest BCUT2D eigenvalue weighted by Gasteiger charge is -2.09. The molecule has 0 saturated carbocycles. The summed E-state index contributed by atoms with van der Waals surface area (Å²) in [6.07, 6.45) is 0.230. The number of benzene rings is 2. The van der Waals surface area contributed by atoms with E-state index in [1.54, 1.807) is 20.2 Å². The average molecular weight is 349 g/mol. The molecule has 3 rings (SSSR count). The Balaban J connectivity index is 1.70. The van der Waals surface area contributed by atoms with Gasteiger partial charge in [0.05, 0.1) is 19.2 Å². The molecule has 1 heterocycles. The first kappa shape index (κ1) is 17.4. The lowest BCUT2D eigenvalue weighted by atomic mass is 10.1.